The molecule has 0 radical (unpaired) electrons. The number of benzene rings is 1. The first-order valence-corrected chi connectivity index (χ1v) is 6.45. The molecule has 5 nitrogen and oxygen atoms in total. The molecule has 1 aromatic carbocycles. The van der Waals surface area contributed by atoms with Crippen LogP contribution in [0.4, 0.5) is 5.69 Å². The number of anilines is 1. The summed E-state index contributed by atoms with van der Waals surface area (Å²) in [6.45, 7) is 0. The predicted molar refractivity (Wildman–Crippen MR) is 72.1 cm³/mol. The molecule has 1 amide bonds. The molecule has 0 saturated heterocycles. The van der Waals surface area contributed by atoms with Crippen LogP contribution in [0.5, 0.6) is 0 Å². The maximum atomic E-state index is 12.0. The molecular formula is C13H15ClN2O3. The predicted octanol–water partition coefficient (Wildman–Crippen LogP) is 1.91. The summed E-state index contributed by atoms with van der Waals surface area (Å²) in [4.78, 5) is 23.1. The van der Waals surface area contributed by atoms with Crippen LogP contribution in [-0.4, -0.2) is 23.0 Å². The molecule has 1 saturated carbocycles. The fourth-order valence-electron chi connectivity index (χ4n) is 2.35. The summed E-state index contributed by atoms with van der Waals surface area (Å²) >= 11 is 5.85. The van der Waals surface area contributed by atoms with E-state index >= 15 is 0 Å². The fourth-order valence-corrected chi connectivity index (χ4v) is 2.53. The van der Waals surface area contributed by atoms with Gasteiger partial charge in [-0.3, -0.25) is 9.59 Å². The first-order chi connectivity index (χ1) is 8.99. The second-order valence-electron chi connectivity index (χ2n) is 4.69. The number of carbonyl (C=O) groups excluding carboxylic acids is 1. The molecule has 1 aliphatic rings. The molecule has 0 aliphatic heterocycles. The van der Waals surface area contributed by atoms with Gasteiger partial charge in [-0.25, -0.2) is 0 Å². The molecule has 1 aromatic rings. The number of carboxylic acid groups (broad SMARTS) is 1. The molecule has 6 heteroatoms. The summed E-state index contributed by atoms with van der Waals surface area (Å²) in [6.07, 6.45) is 2.10. The number of aliphatic carboxylic acids is 1. The standard InChI is InChI=1S/C13H15ClN2O3/c14-9-6-7(4-5-10(9)15)12(17)16-11-3-1-2-8(11)13(18)19/h4-6,8,11H,1-3,15H2,(H,16,17)(H,18,19). The highest BCUT2D eigenvalue weighted by molar-refractivity contribution is 6.33. The SMILES string of the molecule is Nc1ccc(C(=O)NC2CCCC2C(=O)O)cc1Cl. The van der Waals surface area contributed by atoms with Crippen molar-refractivity contribution in [2.75, 3.05) is 5.73 Å². The number of hydrogen-bond donors (Lipinski definition) is 3. The minimum absolute atomic E-state index is 0.314. The summed E-state index contributed by atoms with van der Waals surface area (Å²) in [6, 6.07) is 4.29. The Labute approximate surface area is 115 Å². The fraction of sp³-hybridized carbons (Fsp3) is 0.385. The second-order valence-corrected chi connectivity index (χ2v) is 5.10. The maximum Gasteiger partial charge on any atom is 0.308 e. The molecule has 2 atom stereocenters. The van der Waals surface area contributed by atoms with E-state index in [-0.39, 0.29) is 11.9 Å². The van der Waals surface area contributed by atoms with Crippen molar-refractivity contribution in [1.82, 2.24) is 5.32 Å². The van der Waals surface area contributed by atoms with Gasteiger partial charge in [-0.15, -0.1) is 0 Å². The summed E-state index contributed by atoms with van der Waals surface area (Å²) in [5.74, 6) is -1.69. The molecule has 19 heavy (non-hydrogen) atoms. The smallest absolute Gasteiger partial charge is 0.308 e. The van der Waals surface area contributed by atoms with Gasteiger partial charge in [0, 0.05) is 11.6 Å². The van der Waals surface area contributed by atoms with Crippen molar-refractivity contribution >= 4 is 29.2 Å². The van der Waals surface area contributed by atoms with E-state index < -0.39 is 11.9 Å². The molecule has 0 aromatic heterocycles. The van der Waals surface area contributed by atoms with Crippen LogP contribution in [-0.2, 0) is 4.79 Å². The Morgan fingerprint density at radius 3 is 2.74 bits per heavy atom. The van der Waals surface area contributed by atoms with Gasteiger partial charge in [0.25, 0.3) is 5.91 Å². The Morgan fingerprint density at radius 2 is 2.11 bits per heavy atom. The topological polar surface area (TPSA) is 92.4 Å². The summed E-state index contributed by atoms with van der Waals surface area (Å²) < 4.78 is 0. The third-order valence-electron chi connectivity index (χ3n) is 3.41. The second kappa shape index (κ2) is 5.48. The molecular weight excluding hydrogens is 268 g/mol. The summed E-state index contributed by atoms with van der Waals surface area (Å²) in [5.41, 5.74) is 6.36. The third kappa shape index (κ3) is 2.98. The molecule has 102 valence electrons. The number of amides is 1. The molecule has 0 spiro atoms. The lowest BCUT2D eigenvalue weighted by molar-refractivity contribution is -0.142. The number of nitrogens with one attached hydrogen (secondary N) is 1. The first-order valence-electron chi connectivity index (χ1n) is 6.07. The molecule has 1 fully saturated rings. The normalized spacial score (nSPS) is 22.2. The van der Waals surface area contributed by atoms with Crippen molar-refractivity contribution in [3.63, 3.8) is 0 Å². The number of nitrogens with two attached hydrogens (primary N) is 1. The number of hydrogen-bond acceptors (Lipinski definition) is 3. The summed E-state index contributed by atoms with van der Waals surface area (Å²) in [7, 11) is 0. The van der Waals surface area contributed by atoms with Crippen molar-refractivity contribution in [3.05, 3.63) is 28.8 Å². The van der Waals surface area contributed by atoms with Gasteiger partial charge in [0.05, 0.1) is 16.6 Å². The van der Waals surface area contributed by atoms with Gasteiger partial charge in [-0.1, -0.05) is 18.0 Å². The van der Waals surface area contributed by atoms with Crippen LogP contribution in [0.1, 0.15) is 29.6 Å². The van der Waals surface area contributed by atoms with Gasteiger partial charge < -0.3 is 16.2 Å². The van der Waals surface area contributed by atoms with Gasteiger partial charge in [0.1, 0.15) is 0 Å². The van der Waals surface area contributed by atoms with E-state index in [0.717, 1.165) is 6.42 Å². The van der Waals surface area contributed by atoms with Gasteiger partial charge in [0.15, 0.2) is 0 Å². The largest absolute Gasteiger partial charge is 0.481 e. The van der Waals surface area contributed by atoms with E-state index in [2.05, 4.69) is 5.32 Å². The van der Waals surface area contributed by atoms with Gasteiger partial charge in [-0.05, 0) is 31.0 Å². The number of nitrogen functional groups attached to an aromatic ring is 1. The lowest BCUT2D eigenvalue weighted by atomic mass is 10.0. The van der Waals surface area contributed by atoms with E-state index in [9.17, 15) is 9.59 Å². The van der Waals surface area contributed by atoms with E-state index in [4.69, 9.17) is 22.4 Å². The van der Waals surface area contributed by atoms with Crippen LogP contribution >= 0.6 is 11.6 Å². The van der Waals surface area contributed by atoms with Crippen molar-refractivity contribution in [1.29, 1.82) is 0 Å². The number of rotatable bonds is 3. The Kier molecular flexibility index (Phi) is 3.95. The lowest BCUT2D eigenvalue weighted by Gasteiger charge is -2.17. The third-order valence-corrected chi connectivity index (χ3v) is 3.74. The zero-order valence-electron chi connectivity index (χ0n) is 10.2. The zero-order chi connectivity index (χ0) is 14.0. The minimum Gasteiger partial charge on any atom is -0.481 e. The van der Waals surface area contributed by atoms with Crippen LogP contribution < -0.4 is 11.1 Å². The van der Waals surface area contributed by atoms with Gasteiger partial charge >= 0.3 is 5.97 Å². The van der Waals surface area contributed by atoms with Crippen LogP contribution in [0.3, 0.4) is 0 Å². The van der Waals surface area contributed by atoms with Crippen LogP contribution in [0.15, 0.2) is 18.2 Å². The molecule has 4 N–H and O–H groups in total. The van der Waals surface area contributed by atoms with Crippen LogP contribution in [0, 0.1) is 5.92 Å². The summed E-state index contributed by atoms with van der Waals surface area (Å²) in [5, 5.41) is 12.1. The van der Waals surface area contributed by atoms with Crippen molar-refractivity contribution in [3.8, 4) is 0 Å². The highest BCUT2D eigenvalue weighted by Crippen LogP contribution is 2.26. The zero-order valence-corrected chi connectivity index (χ0v) is 11.0. The minimum atomic E-state index is -0.863. The van der Waals surface area contributed by atoms with E-state index in [0.29, 0.717) is 29.1 Å². The highest BCUT2D eigenvalue weighted by Gasteiger charge is 2.33. The molecule has 0 heterocycles. The van der Waals surface area contributed by atoms with Crippen LogP contribution in [0.25, 0.3) is 0 Å². The van der Waals surface area contributed by atoms with Crippen molar-refractivity contribution in [2.45, 2.75) is 25.3 Å². The highest BCUT2D eigenvalue weighted by atomic mass is 35.5. The molecule has 2 unspecified atom stereocenters. The first kappa shape index (κ1) is 13.7. The van der Waals surface area contributed by atoms with Crippen LogP contribution in [0.2, 0.25) is 5.02 Å². The Balaban J connectivity index is 2.08. The Morgan fingerprint density at radius 1 is 1.37 bits per heavy atom. The van der Waals surface area contributed by atoms with E-state index in [1.165, 1.54) is 6.07 Å². The van der Waals surface area contributed by atoms with Gasteiger partial charge in [0.2, 0.25) is 0 Å². The molecule has 2 rings (SSSR count). The van der Waals surface area contributed by atoms with Crippen molar-refractivity contribution < 1.29 is 14.7 Å². The van der Waals surface area contributed by atoms with Gasteiger partial charge in [-0.2, -0.15) is 0 Å². The number of halogens is 1. The Bertz CT molecular complexity index is 519. The van der Waals surface area contributed by atoms with E-state index in [1.54, 1.807) is 12.1 Å². The maximum absolute atomic E-state index is 12.0. The Hall–Kier alpha value is -1.75. The van der Waals surface area contributed by atoms with Crippen molar-refractivity contribution in [2.24, 2.45) is 5.92 Å². The molecule has 0 bridgehead atoms. The lowest BCUT2D eigenvalue weighted by Crippen LogP contribution is -2.40. The molecule has 1 aliphatic carbocycles. The van der Waals surface area contributed by atoms with E-state index in [1.807, 2.05) is 0 Å². The average Bonchev–Trinajstić information content (AvgIpc) is 2.80. The average molecular weight is 283 g/mol. The quantitative estimate of drug-likeness (QED) is 0.738. The number of carboxylic acids is 1. The number of carbonyl (C=O) groups is 2. The monoisotopic (exact) mass is 282 g/mol.